The summed E-state index contributed by atoms with van der Waals surface area (Å²) in [5.41, 5.74) is 5.76. The van der Waals surface area contributed by atoms with Crippen molar-refractivity contribution in [3.05, 3.63) is 23.0 Å². The van der Waals surface area contributed by atoms with E-state index in [0.29, 0.717) is 0 Å². The third-order valence-corrected chi connectivity index (χ3v) is 5.63. The van der Waals surface area contributed by atoms with Gasteiger partial charge in [-0.2, -0.15) is 0 Å². The van der Waals surface area contributed by atoms with E-state index in [0.717, 1.165) is 31.7 Å². The number of halogens is 2. The van der Waals surface area contributed by atoms with Gasteiger partial charge in [0, 0.05) is 11.7 Å². The first kappa shape index (κ1) is 16.5. The molecule has 0 heterocycles. The van der Waals surface area contributed by atoms with E-state index in [1.54, 1.807) is 0 Å². The van der Waals surface area contributed by atoms with E-state index >= 15 is 0 Å². The lowest BCUT2D eigenvalue weighted by molar-refractivity contribution is 0.212. The first-order chi connectivity index (χ1) is 9.61. The minimum absolute atomic E-state index is 0.0807. The van der Waals surface area contributed by atoms with Gasteiger partial charge in [0.15, 0.2) is 5.82 Å². The fraction of sp³-hybridized carbons (Fsp3) is 0.571. The molecule has 1 aromatic rings. The minimum Gasteiger partial charge on any atom is -0.399 e. The second-order valence-corrected chi connectivity index (χ2v) is 8.48. The largest absolute Gasteiger partial charge is 0.399 e. The monoisotopic (exact) mass is 334 g/mol. The van der Waals surface area contributed by atoms with Crippen molar-refractivity contribution in [3.8, 4) is 0 Å². The standard InChI is InChI=1S/C14H20ClFN2O2S/c1-14(2)5-3-4-10(8-14)18-21(19,20)12-7-9(17)6-11(15)13(12)16/h6-7,10,18H,3-5,8,17H2,1-2H3. The van der Waals surface area contributed by atoms with E-state index in [4.69, 9.17) is 17.3 Å². The zero-order valence-corrected chi connectivity index (χ0v) is 13.7. The maximum Gasteiger partial charge on any atom is 0.243 e. The Balaban J connectivity index is 2.27. The lowest BCUT2D eigenvalue weighted by Crippen LogP contribution is -2.40. The van der Waals surface area contributed by atoms with Crippen molar-refractivity contribution in [2.24, 2.45) is 5.41 Å². The van der Waals surface area contributed by atoms with Crippen LogP contribution in [0.1, 0.15) is 39.5 Å². The van der Waals surface area contributed by atoms with Crippen LogP contribution in [0.5, 0.6) is 0 Å². The number of anilines is 1. The van der Waals surface area contributed by atoms with Gasteiger partial charge in [-0.3, -0.25) is 0 Å². The second kappa shape index (κ2) is 5.74. The summed E-state index contributed by atoms with van der Waals surface area (Å²) in [6.45, 7) is 4.21. The number of hydrogen-bond donors (Lipinski definition) is 2. The van der Waals surface area contributed by atoms with Gasteiger partial charge in [-0.15, -0.1) is 0 Å². The highest BCUT2D eigenvalue weighted by Crippen LogP contribution is 2.36. The topological polar surface area (TPSA) is 72.2 Å². The number of nitrogens with one attached hydrogen (secondary N) is 1. The molecular formula is C14H20ClFN2O2S. The van der Waals surface area contributed by atoms with E-state index in [9.17, 15) is 12.8 Å². The molecule has 0 radical (unpaired) electrons. The Hall–Kier alpha value is -0.850. The van der Waals surface area contributed by atoms with Crippen LogP contribution in [0.4, 0.5) is 10.1 Å². The van der Waals surface area contributed by atoms with Crippen LogP contribution in [-0.4, -0.2) is 14.5 Å². The van der Waals surface area contributed by atoms with Crippen molar-refractivity contribution in [1.82, 2.24) is 4.72 Å². The average Bonchev–Trinajstić information content (AvgIpc) is 2.31. The Kier molecular flexibility index (Phi) is 4.52. The number of nitrogen functional groups attached to an aromatic ring is 1. The lowest BCUT2D eigenvalue weighted by Gasteiger charge is -2.35. The summed E-state index contributed by atoms with van der Waals surface area (Å²) in [5, 5.41) is -0.292. The number of nitrogens with two attached hydrogens (primary N) is 1. The Labute approximate surface area is 129 Å². The molecule has 1 atom stereocenters. The summed E-state index contributed by atoms with van der Waals surface area (Å²) in [6, 6.07) is 2.09. The van der Waals surface area contributed by atoms with Crippen molar-refractivity contribution in [2.75, 3.05) is 5.73 Å². The molecule has 3 N–H and O–H groups in total. The molecule has 2 rings (SSSR count). The summed E-state index contributed by atoms with van der Waals surface area (Å²) in [6.07, 6.45) is 3.48. The molecule has 1 aromatic carbocycles. The lowest BCUT2D eigenvalue weighted by atomic mass is 9.75. The van der Waals surface area contributed by atoms with Crippen LogP contribution in [0.2, 0.25) is 5.02 Å². The molecule has 0 amide bonds. The zero-order chi connectivity index (χ0) is 15.8. The van der Waals surface area contributed by atoms with Crippen LogP contribution >= 0.6 is 11.6 Å². The number of rotatable bonds is 3. The van der Waals surface area contributed by atoms with Gasteiger partial charge in [0.25, 0.3) is 0 Å². The smallest absolute Gasteiger partial charge is 0.243 e. The summed E-state index contributed by atoms with van der Waals surface area (Å²) < 4.78 is 41.3. The molecule has 0 bridgehead atoms. The first-order valence-corrected chi connectivity index (χ1v) is 8.74. The van der Waals surface area contributed by atoms with E-state index in [-0.39, 0.29) is 22.2 Å². The molecule has 4 nitrogen and oxygen atoms in total. The summed E-state index contributed by atoms with van der Waals surface area (Å²) in [7, 11) is -3.98. The molecule has 0 aliphatic heterocycles. The molecule has 0 saturated heterocycles. The quantitative estimate of drug-likeness (QED) is 0.833. The summed E-state index contributed by atoms with van der Waals surface area (Å²) in [4.78, 5) is -0.490. The van der Waals surface area contributed by atoms with E-state index in [1.165, 1.54) is 6.07 Å². The fourth-order valence-corrected chi connectivity index (χ4v) is 4.55. The average molecular weight is 335 g/mol. The third-order valence-electron chi connectivity index (χ3n) is 3.83. The molecule has 1 fully saturated rings. The van der Waals surface area contributed by atoms with Gasteiger partial charge in [0.1, 0.15) is 4.90 Å². The number of benzene rings is 1. The van der Waals surface area contributed by atoms with Gasteiger partial charge in [0.05, 0.1) is 5.02 Å². The molecule has 1 aliphatic carbocycles. The van der Waals surface area contributed by atoms with Crippen molar-refractivity contribution >= 4 is 27.3 Å². The zero-order valence-electron chi connectivity index (χ0n) is 12.1. The van der Waals surface area contributed by atoms with Crippen LogP contribution < -0.4 is 10.5 Å². The highest BCUT2D eigenvalue weighted by molar-refractivity contribution is 7.89. The Morgan fingerprint density at radius 3 is 2.71 bits per heavy atom. The van der Waals surface area contributed by atoms with Gasteiger partial charge in [-0.1, -0.05) is 31.9 Å². The summed E-state index contributed by atoms with van der Waals surface area (Å²) in [5.74, 6) is -0.964. The van der Waals surface area contributed by atoms with Crippen molar-refractivity contribution in [1.29, 1.82) is 0 Å². The SMILES string of the molecule is CC1(C)CCCC(NS(=O)(=O)c2cc(N)cc(Cl)c2F)C1. The number of hydrogen-bond acceptors (Lipinski definition) is 3. The predicted molar refractivity (Wildman–Crippen MR) is 82.2 cm³/mol. The van der Waals surface area contributed by atoms with E-state index in [1.807, 2.05) is 0 Å². The molecule has 21 heavy (non-hydrogen) atoms. The van der Waals surface area contributed by atoms with Crippen molar-refractivity contribution in [2.45, 2.75) is 50.5 Å². The Morgan fingerprint density at radius 2 is 2.10 bits per heavy atom. The number of sulfonamides is 1. The van der Waals surface area contributed by atoms with E-state index in [2.05, 4.69) is 18.6 Å². The molecule has 0 aromatic heterocycles. The van der Waals surface area contributed by atoms with Crippen LogP contribution in [0.15, 0.2) is 17.0 Å². The maximum absolute atomic E-state index is 14.0. The normalized spacial score (nSPS) is 22.2. The molecule has 1 saturated carbocycles. The molecule has 118 valence electrons. The van der Waals surface area contributed by atoms with Crippen molar-refractivity contribution < 1.29 is 12.8 Å². The third kappa shape index (κ3) is 3.87. The van der Waals surface area contributed by atoms with E-state index < -0.39 is 20.7 Å². The summed E-state index contributed by atoms with van der Waals surface area (Å²) >= 11 is 5.67. The molecule has 1 aliphatic rings. The van der Waals surface area contributed by atoms with Crippen LogP contribution in [-0.2, 0) is 10.0 Å². The molecule has 1 unspecified atom stereocenters. The van der Waals surface area contributed by atoms with Crippen molar-refractivity contribution in [3.63, 3.8) is 0 Å². The van der Waals surface area contributed by atoms with Gasteiger partial charge >= 0.3 is 0 Å². The van der Waals surface area contributed by atoms with Crippen LogP contribution in [0.3, 0.4) is 0 Å². The predicted octanol–water partition coefficient (Wildman–Crippen LogP) is 3.31. The highest BCUT2D eigenvalue weighted by atomic mass is 35.5. The molecule has 0 spiro atoms. The van der Waals surface area contributed by atoms with Crippen LogP contribution in [0.25, 0.3) is 0 Å². The van der Waals surface area contributed by atoms with Gasteiger partial charge in [0.2, 0.25) is 10.0 Å². The fourth-order valence-electron chi connectivity index (χ4n) is 2.86. The van der Waals surface area contributed by atoms with Gasteiger partial charge in [-0.05, 0) is 36.8 Å². The highest BCUT2D eigenvalue weighted by Gasteiger charge is 2.32. The minimum atomic E-state index is -3.98. The molecular weight excluding hydrogens is 315 g/mol. The maximum atomic E-state index is 14.0. The first-order valence-electron chi connectivity index (χ1n) is 6.88. The van der Waals surface area contributed by atoms with Crippen LogP contribution in [0, 0.1) is 11.2 Å². The Morgan fingerprint density at radius 1 is 1.43 bits per heavy atom. The van der Waals surface area contributed by atoms with Gasteiger partial charge in [-0.25, -0.2) is 17.5 Å². The Bertz CT molecular complexity index is 647. The molecule has 7 heteroatoms. The van der Waals surface area contributed by atoms with Gasteiger partial charge < -0.3 is 5.73 Å². The second-order valence-electron chi connectivity index (χ2n) is 6.39.